The number of aliphatic hydroxyl groups excluding tert-OH is 2. The topological polar surface area (TPSA) is 190 Å². The molecule has 14 heteroatoms. The van der Waals surface area contributed by atoms with Gasteiger partial charge in [0, 0.05) is 13.0 Å². The molecule has 14 nitrogen and oxygen atoms in total. The Morgan fingerprint density at radius 3 is 2.93 bits per heavy atom. The molecule has 4 heterocycles. The summed E-state index contributed by atoms with van der Waals surface area (Å²) in [4.78, 5) is 29.2. The van der Waals surface area contributed by atoms with Crippen molar-refractivity contribution in [2.45, 2.75) is 37.9 Å². The minimum atomic E-state index is -1.49. The minimum Gasteiger partial charge on any atom is -0.387 e. The maximum absolute atomic E-state index is 13.1. The Morgan fingerprint density at radius 1 is 1.37 bits per heavy atom. The highest BCUT2D eigenvalue weighted by atomic mass is 16.7. The summed E-state index contributed by atoms with van der Waals surface area (Å²) in [6.07, 6.45) is -0.926. The normalized spacial score (nSPS) is 23.8. The van der Waals surface area contributed by atoms with E-state index >= 15 is 0 Å². The minimum absolute atomic E-state index is 0.0218. The second-order valence-electron chi connectivity index (χ2n) is 6.53. The Morgan fingerprint density at radius 2 is 2.20 bits per heavy atom. The molecule has 0 aromatic carbocycles. The second kappa shape index (κ2) is 8.27. The number of fused-ring (bicyclic) bond motifs is 1. The summed E-state index contributed by atoms with van der Waals surface area (Å²) in [7, 11) is 0. The number of aromatic nitrogens is 7. The van der Waals surface area contributed by atoms with E-state index in [2.05, 4.69) is 30.1 Å². The van der Waals surface area contributed by atoms with E-state index in [0.717, 1.165) is 0 Å². The van der Waals surface area contributed by atoms with E-state index in [1.807, 2.05) is 0 Å². The molecule has 0 bridgehead atoms. The lowest BCUT2D eigenvalue weighted by Crippen LogP contribution is -2.50. The van der Waals surface area contributed by atoms with Gasteiger partial charge in [0.1, 0.15) is 36.2 Å². The number of aromatic amines is 1. The molecule has 3 aromatic heterocycles. The highest BCUT2D eigenvalue weighted by Crippen LogP contribution is 2.25. The number of nitrogen functional groups attached to an aromatic ring is 1. The number of nitrogens with two attached hydrogens (primary N) is 1. The molecule has 160 valence electrons. The number of rotatable bonds is 7. The standard InChI is InChI=1S/C16H21N9O5/c1-2-24(25-13-8(22-16(25)17)5-18-6-20-13)14(28)12-10(26)11(27)15(30-12)29-4-3-9-19-7-21-23-9/h5-7,10-12,15,26-27H,2-4H2,1H3,(H2,17,22)(H,19,21,23)/t10-,11+,12-,15+/m0/s1. The van der Waals surface area contributed by atoms with Crippen molar-refractivity contribution in [3.8, 4) is 0 Å². The zero-order valence-electron chi connectivity index (χ0n) is 16.0. The van der Waals surface area contributed by atoms with Gasteiger partial charge in [-0.2, -0.15) is 9.77 Å². The second-order valence-corrected chi connectivity index (χ2v) is 6.53. The molecule has 4 rings (SSSR count). The van der Waals surface area contributed by atoms with Crippen molar-refractivity contribution in [1.82, 2.24) is 34.8 Å². The van der Waals surface area contributed by atoms with Crippen LogP contribution in [0.5, 0.6) is 0 Å². The summed E-state index contributed by atoms with van der Waals surface area (Å²) in [6.45, 7) is 2.03. The van der Waals surface area contributed by atoms with Crippen LogP contribution in [0, 0.1) is 0 Å². The number of aliphatic hydroxyl groups is 2. The van der Waals surface area contributed by atoms with Crippen molar-refractivity contribution < 1.29 is 24.5 Å². The fraction of sp³-hybridized carbons (Fsp3) is 0.500. The fourth-order valence-electron chi connectivity index (χ4n) is 3.23. The molecule has 1 aliphatic rings. The number of nitrogens with zero attached hydrogens (tertiary/aromatic N) is 7. The first kappa shape index (κ1) is 20.1. The van der Waals surface area contributed by atoms with Crippen molar-refractivity contribution in [2.24, 2.45) is 0 Å². The van der Waals surface area contributed by atoms with Crippen molar-refractivity contribution in [3.05, 3.63) is 24.7 Å². The maximum atomic E-state index is 13.1. The van der Waals surface area contributed by atoms with E-state index in [9.17, 15) is 15.0 Å². The maximum Gasteiger partial charge on any atom is 0.273 e. The largest absolute Gasteiger partial charge is 0.387 e. The van der Waals surface area contributed by atoms with E-state index in [4.69, 9.17) is 15.2 Å². The number of H-pyrrole nitrogens is 1. The highest BCUT2D eigenvalue weighted by molar-refractivity contribution is 5.93. The smallest absolute Gasteiger partial charge is 0.273 e. The Bertz CT molecular complexity index is 1010. The third-order valence-electron chi connectivity index (χ3n) is 4.67. The predicted octanol–water partition coefficient (Wildman–Crippen LogP) is -2.28. The van der Waals surface area contributed by atoms with E-state index < -0.39 is 30.5 Å². The first-order chi connectivity index (χ1) is 14.5. The summed E-state index contributed by atoms with van der Waals surface area (Å²) in [5.41, 5.74) is 6.70. The lowest BCUT2D eigenvalue weighted by molar-refractivity contribution is -0.171. The number of imidazole rings is 1. The Hall–Kier alpha value is -3.20. The van der Waals surface area contributed by atoms with E-state index in [-0.39, 0.29) is 19.1 Å². The van der Waals surface area contributed by atoms with Gasteiger partial charge >= 0.3 is 0 Å². The molecular formula is C16H21N9O5. The van der Waals surface area contributed by atoms with Gasteiger partial charge in [0.15, 0.2) is 18.0 Å². The first-order valence-corrected chi connectivity index (χ1v) is 9.24. The van der Waals surface area contributed by atoms with Crippen LogP contribution in [0.3, 0.4) is 0 Å². The molecule has 0 aliphatic carbocycles. The van der Waals surface area contributed by atoms with Crippen LogP contribution in [0.25, 0.3) is 11.2 Å². The number of amides is 1. The van der Waals surface area contributed by atoms with Gasteiger partial charge in [-0.15, -0.1) is 0 Å². The average molecular weight is 419 g/mol. The quantitative estimate of drug-likeness (QED) is 0.322. The van der Waals surface area contributed by atoms with Crippen LogP contribution in [-0.2, 0) is 20.7 Å². The summed E-state index contributed by atoms with van der Waals surface area (Å²) in [6, 6.07) is 0. The van der Waals surface area contributed by atoms with Crippen LogP contribution >= 0.6 is 0 Å². The molecule has 5 N–H and O–H groups in total. The molecule has 1 aliphatic heterocycles. The molecule has 30 heavy (non-hydrogen) atoms. The van der Waals surface area contributed by atoms with Gasteiger partial charge in [-0.25, -0.2) is 24.9 Å². The first-order valence-electron chi connectivity index (χ1n) is 9.24. The van der Waals surface area contributed by atoms with Crippen molar-refractivity contribution in [1.29, 1.82) is 0 Å². The van der Waals surface area contributed by atoms with E-state index in [1.165, 1.54) is 28.5 Å². The Labute approximate surface area is 169 Å². The third kappa shape index (κ3) is 3.56. The Balaban J connectivity index is 1.49. The molecule has 0 spiro atoms. The fourth-order valence-corrected chi connectivity index (χ4v) is 3.23. The number of likely N-dealkylation sites (N-methyl/N-ethyl adjacent to an activating group) is 1. The molecule has 3 aromatic rings. The Kier molecular flexibility index (Phi) is 5.54. The van der Waals surface area contributed by atoms with Crippen LogP contribution in [0.1, 0.15) is 12.7 Å². The lowest BCUT2D eigenvalue weighted by Gasteiger charge is -2.26. The monoisotopic (exact) mass is 419 g/mol. The van der Waals surface area contributed by atoms with Gasteiger partial charge in [0.2, 0.25) is 5.95 Å². The van der Waals surface area contributed by atoms with E-state index in [1.54, 1.807) is 6.92 Å². The van der Waals surface area contributed by atoms with Crippen LogP contribution in [0.15, 0.2) is 18.9 Å². The number of carbonyl (C=O) groups is 1. The molecule has 1 saturated heterocycles. The summed E-state index contributed by atoms with van der Waals surface area (Å²) in [5.74, 6) is -0.0131. The summed E-state index contributed by atoms with van der Waals surface area (Å²) in [5, 5.41) is 28.3. The van der Waals surface area contributed by atoms with E-state index in [0.29, 0.717) is 23.4 Å². The van der Waals surface area contributed by atoms with Gasteiger partial charge in [0.25, 0.3) is 5.91 Å². The van der Waals surface area contributed by atoms with Crippen molar-refractivity contribution >= 4 is 23.0 Å². The van der Waals surface area contributed by atoms with Crippen LogP contribution < -0.4 is 10.7 Å². The molecule has 4 atom stereocenters. The van der Waals surface area contributed by atoms with Crippen LogP contribution in [0.2, 0.25) is 0 Å². The van der Waals surface area contributed by atoms with Crippen molar-refractivity contribution in [2.75, 3.05) is 23.9 Å². The number of carbonyl (C=O) groups excluding carboxylic acids is 1. The zero-order chi connectivity index (χ0) is 21.3. The number of nitrogens with one attached hydrogen (secondary N) is 1. The number of hydrogen-bond acceptors (Lipinski definition) is 11. The van der Waals surface area contributed by atoms with Crippen LogP contribution in [0.4, 0.5) is 5.95 Å². The molecule has 1 amide bonds. The van der Waals surface area contributed by atoms with Gasteiger partial charge in [-0.1, -0.05) is 0 Å². The van der Waals surface area contributed by atoms with Gasteiger partial charge < -0.3 is 25.4 Å². The summed E-state index contributed by atoms with van der Waals surface area (Å²) < 4.78 is 12.3. The van der Waals surface area contributed by atoms with Crippen molar-refractivity contribution in [3.63, 3.8) is 0 Å². The SMILES string of the molecule is CCN(C(=O)[C@H]1O[C@@H](OCCc2ncn[nH]2)[C@H](O)[C@@H]1O)n1c(N)nc2cncnc21. The summed E-state index contributed by atoms with van der Waals surface area (Å²) >= 11 is 0. The highest BCUT2D eigenvalue weighted by Gasteiger charge is 2.48. The predicted molar refractivity (Wildman–Crippen MR) is 100 cm³/mol. The average Bonchev–Trinajstić information content (AvgIpc) is 3.44. The van der Waals surface area contributed by atoms with Gasteiger partial charge in [-0.3, -0.25) is 9.89 Å². The van der Waals surface area contributed by atoms with Gasteiger partial charge in [-0.05, 0) is 6.92 Å². The zero-order valence-corrected chi connectivity index (χ0v) is 16.0. The lowest BCUT2D eigenvalue weighted by atomic mass is 10.1. The third-order valence-corrected chi connectivity index (χ3v) is 4.67. The number of ether oxygens (including phenoxy) is 2. The molecule has 0 radical (unpaired) electrons. The molecular weight excluding hydrogens is 398 g/mol. The molecule has 0 saturated carbocycles. The number of hydrogen-bond donors (Lipinski definition) is 4. The molecule has 0 unspecified atom stereocenters. The van der Waals surface area contributed by atoms with Crippen LogP contribution in [-0.4, -0.2) is 88.7 Å². The van der Waals surface area contributed by atoms with Gasteiger partial charge in [0.05, 0.1) is 12.8 Å². The molecule has 1 fully saturated rings. The number of anilines is 1.